The third kappa shape index (κ3) is 3.95. The minimum Gasteiger partial charge on any atom is -0.392 e. The van der Waals surface area contributed by atoms with Crippen LogP contribution in [0.1, 0.15) is 37.7 Å². The molecule has 0 aliphatic heterocycles. The molecule has 0 radical (unpaired) electrons. The number of hydrogen-bond acceptors (Lipinski definition) is 3. The summed E-state index contributed by atoms with van der Waals surface area (Å²) in [5.74, 6) is -0.475. The number of nitrogens with two attached hydrogens (primary N) is 1. The average Bonchev–Trinajstić information content (AvgIpc) is 2.42. The highest BCUT2D eigenvalue weighted by atomic mass is 35.5. The molecule has 1 aromatic carbocycles. The smallest absolute Gasteiger partial charge is 0.145 e. The van der Waals surface area contributed by atoms with Gasteiger partial charge in [-0.1, -0.05) is 23.7 Å². The van der Waals surface area contributed by atoms with E-state index in [2.05, 4.69) is 0 Å². The molecule has 0 aromatic heterocycles. The van der Waals surface area contributed by atoms with Crippen molar-refractivity contribution in [1.29, 1.82) is 0 Å². The minimum atomic E-state index is -0.657. The van der Waals surface area contributed by atoms with Gasteiger partial charge in [0.25, 0.3) is 0 Å². The van der Waals surface area contributed by atoms with Crippen molar-refractivity contribution in [2.75, 3.05) is 13.2 Å². The molecule has 0 bridgehead atoms. The van der Waals surface area contributed by atoms with Crippen LogP contribution in [0, 0.1) is 11.7 Å². The van der Waals surface area contributed by atoms with E-state index in [9.17, 15) is 9.50 Å². The van der Waals surface area contributed by atoms with Gasteiger partial charge in [0, 0.05) is 19.1 Å². The quantitative estimate of drug-likeness (QED) is 0.813. The first-order valence-corrected chi connectivity index (χ1v) is 7.88. The Bertz CT molecular complexity index is 466. The highest BCUT2D eigenvalue weighted by molar-refractivity contribution is 6.30. The molecule has 3 N–H and O–H groups in total. The van der Waals surface area contributed by atoms with Gasteiger partial charge in [0.1, 0.15) is 5.82 Å². The number of rotatable bonds is 7. The van der Waals surface area contributed by atoms with Crippen molar-refractivity contribution in [2.45, 2.75) is 44.3 Å². The molecule has 0 saturated heterocycles. The molecule has 2 unspecified atom stereocenters. The van der Waals surface area contributed by atoms with Crippen molar-refractivity contribution in [3.8, 4) is 0 Å². The van der Waals surface area contributed by atoms with Crippen LogP contribution in [0.2, 0.25) is 5.02 Å². The Kier molecular flexibility index (Phi) is 5.99. The lowest BCUT2D eigenvalue weighted by Crippen LogP contribution is -2.36. The van der Waals surface area contributed by atoms with E-state index < -0.39 is 17.8 Å². The SMILES string of the molecule is CCOC1CC(CC(O)C(CN)c2cccc(Cl)c2F)C1. The molecule has 0 heterocycles. The van der Waals surface area contributed by atoms with Crippen LogP contribution < -0.4 is 5.73 Å². The molecule has 0 amide bonds. The zero-order valence-electron chi connectivity index (χ0n) is 12.3. The first kappa shape index (κ1) is 16.7. The molecular weight excluding hydrogens is 293 g/mol. The number of aliphatic hydroxyl groups is 1. The number of benzene rings is 1. The molecule has 1 fully saturated rings. The molecule has 1 aliphatic carbocycles. The Morgan fingerprint density at radius 2 is 2.19 bits per heavy atom. The molecule has 0 spiro atoms. The van der Waals surface area contributed by atoms with Crippen LogP contribution in [0.3, 0.4) is 0 Å². The molecule has 1 aliphatic rings. The number of aliphatic hydroxyl groups excluding tert-OH is 1. The monoisotopic (exact) mass is 315 g/mol. The van der Waals surface area contributed by atoms with Crippen LogP contribution in [0.5, 0.6) is 0 Å². The van der Waals surface area contributed by atoms with E-state index >= 15 is 0 Å². The summed E-state index contributed by atoms with van der Waals surface area (Å²) in [6.45, 7) is 2.90. The van der Waals surface area contributed by atoms with Gasteiger partial charge in [-0.2, -0.15) is 0 Å². The van der Waals surface area contributed by atoms with Gasteiger partial charge in [-0.3, -0.25) is 0 Å². The standard InChI is InChI=1S/C16H23ClFNO2/c1-2-21-11-6-10(7-11)8-15(20)13(9-19)12-4-3-5-14(17)16(12)18/h3-5,10-11,13,15,20H,2,6-9,19H2,1H3. The second-order valence-corrected chi connectivity index (χ2v) is 6.11. The van der Waals surface area contributed by atoms with Crippen molar-refractivity contribution in [2.24, 2.45) is 11.7 Å². The maximum absolute atomic E-state index is 14.1. The molecule has 1 saturated carbocycles. The van der Waals surface area contributed by atoms with Crippen LogP contribution in [0.25, 0.3) is 0 Å². The normalized spacial score (nSPS) is 24.4. The summed E-state index contributed by atoms with van der Waals surface area (Å²) in [6.07, 6.45) is 2.19. The summed E-state index contributed by atoms with van der Waals surface area (Å²) in [5, 5.41) is 10.5. The molecule has 1 aromatic rings. The highest BCUT2D eigenvalue weighted by Gasteiger charge is 2.34. The second kappa shape index (κ2) is 7.54. The summed E-state index contributed by atoms with van der Waals surface area (Å²) in [4.78, 5) is 0. The summed E-state index contributed by atoms with van der Waals surface area (Å²) in [6, 6.07) is 4.83. The predicted octanol–water partition coefficient (Wildman–Crippen LogP) is 3.09. The van der Waals surface area contributed by atoms with Crippen molar-refractivity contribution < 1.29 is 14.2 Å². The second-order valence-electron chi connectivity index (χ2n) is 5.70. The van der Waals surface area contributed by atoms with Crippen LogP contribution in [0.4, 0.5) is 4.39 Å². The Balaban J connectivity index is 1.96. The van der Waals surface area contributed by atoms with Crippen molar-refractivity contribution >= 4 is 11.6 Å². The van der Waals surface area contributed by atoms with Crippen LogP contribution >= 0.6 is 11.6 Å². The largest absolute Gasteiger partial charge is 0.392 e. The molecule has 5 heteroatoms. The van der Waals surface area contributed by atoms with Crippen molar-refractivity contribution in [3.63, 3.8) is 0 Å². The van der Waals surface area contributed by atoms with Crippen molar-refractivity contribution in [3.05, 3.63) is 34.6 Å². The lowest BCUT2D eigenvalue weighted by atomic mass is 9.76. The minimum absolute atomic E-state index is 0.0678. The predicted molar refractivity (Wildman–Crippen MR) is 82.0 cm³/mol. The number of ether oxygens (including phenoxy) is 1. The lowest BCUT2D eigenvalue weighted by molar-refractivity contribution is -0.0399. The Hall–Kier alpha value is -0.680. The van der Waals surface area contributed by atoms with Gasteiger partial charge in [0.2, 0.25) is 0 Å². The molecule has 3 nitrogen and oxygen atoms in total. The molecule has 2 rings (SSSR count). The van der Waals surface area contributed by atoms with Gasteiger partial charge in [-0.15, -0.1) is 0 Å². The Morgan fingerprint density at radius 3 is 2.81 bits per heavy atom. The van der Waals surface area contributed by atoms with Gasteiger partial charge in [0.05, 0.1) is 17.2 Å². The summed E-state index contributed by atoms with van der Waals surface area (Å²) in [5.41, 5.74) is 6.14. The van der Waals surface area contributed by atoms with E-state index in [0.29, 0.717) is 24.0 Å². The van der Waals surface area contributed by atoms with E-state index in [4.69, 9.17) is 22.1 Å². The molecule has 2 atom stereocenters. The maximum Gasteiger partial charge on any atom is 0.145 e. The van der Waals surface area contributed by atoms with E-state index in [0.717, 1.165) is 19.4 Å². The van der Waals surface area contributed by atoms with Crippen LogP contribution in [-0.4, -0.2) is 30.5 Å². The highest BCUT2D eigenvalue weighted by Crippen LogP contribution is 2.37. The summed E-state index contributed by atoms with van der Waals surface area (Å²) in [7, 11) is 0. The fraction of sp³-hybridized carbons (Fsp3) is 0.625. The molecule has 21 heavy (non-hydrogen) atoms. The first-order valence-electron chi connectivity index (χ1n) is 7.50. The van der Waals surface area contributed by atoms with E-state index in [-0.39, 0.29) is 11.6 Å². The van der Waals surface area contributed by atoms with Gasteiger partial charge in [0.15, 0.2) is 0 Å². The van der Waals surface area contributed by atoms with Gasteiger partial charge < -0.3 is 15.6 Å². The Morgan fingerprint density at radius 1 is 1.48 bits per heavy atom. The lowest BCUT2D eigenvalue weighted by Gasteiger charge is -2.37. The third-order valence-electron chi connectivity index (χ3n) is 4.27. The maximum atomic E-state index is 14.1. The van der Waals surface area contributed by atoms with E-state index in [1.807, 2.05) is 6.92 Å². The van der Waals surface area contributed by atoms with Gasteiger partial charge in [-0.05, 0) is 43.7 Å². The van der Waals surface area contributed by atoms with Crippen LogP contribution in [-0.2, 0) is 4.74 Å². The van der Waals surface area contributed by atoms with E-state index in [1.54, 1.807) is 12.1 Å². The van der Waals surface area contributed by atoms with Crippen molar-refractivity contribution in [1.82, 2.24) is 0 Å². The molecule has 118 valence electrons. The average molecular weight is 316 g/mol. The fourth-order valence-electron chi connectivity index (χ4n) is 3.04. The van der Waals surface area contributed by atoms with E-state index in [1.165, 1.54) is 6.07 Å². The zero-order chi connectivity index (χ0) is 15.4. The van der Waals surface area contributed by atoms with Gasteiger partial charge >= 0.3 is 0 Å². The summed E-state index contributed by atoms with van der Waals surface area (Å²) >= 11 is 5.80. The first-order chi connectivity index (χ1) is 10.1. The number of hydrogen-bond donors (Lipinski definition) is 2. The Labute approximate surface area is 130 Å². The zero-order valence-corrected chi connectivity index (χ0v) is 13.0. The summed E-state index contributed by atoms with van der Waals surface area (Å²) < 4.78 is 19.6. The van der Waals surface area contributed by atoms with Gasteiger partial charge in [-0.25, -0.2) is 4.39 Å². The fourth-order valence-corrected chi connectivity index (χ4v) is 3.22. The van der Waals surface area contributed by atoms with Crippen LogP contribution in [0.15, 0.2) is 18.2 Å². The molecular formula is C16H23ClFNO2. The number of halogens is 2. The third-order valence-corrected chi connectivity index (χ3v) is 4.56. The topological polar surface area (TPSA) is 55.5 Å².